The van der Waals surface area contributed by atoms with E-state index in [2.05, 4.69) is 10.2 Å². The molecule has 3 aromatic carbocycles. The lowest BCUT2D eigenvalue weighted by Crippen LogP contribution is -2.00. The molecule has 4 aromatic rings. The normalized spacial score (nSPS) is 11.0. The van der Waals surface area contributed by atoms with Crippen molar-refractivity contribution in [3.05, 3.63) is 94.5 Å². The van der Waals surface area contributed by atoms with Gasteiger partial charge in [0.05, 0.1) is 0 Å². The van der Waals surface area contributed by atoms with E-state index in [1.54, 1.807) is 12.1 Å². The van der Waals surface area contributed by atoms with Gasteiger partial charge in [0, 0.05) is 27.6 Å². The van der Waals surface area contributed by atoms with Gasteiger partial charge in [-0.25, -0.2) is 8.78 Å². The highest BCUT2D eigenvalue weighted by Gasteiger charge is 2.18. The van der Waals surface area contributed by atoms with Gasteiger partial charge in [0.1, 0.15) is 11.6 Å². The first kappa shape index (κ1) is 19.6. The molecule has 0 aliphatic carbocycles. The molecule has 0 atom stereocenters. The van der Waals surface area contributed by atoms with Crippen molar-refractivity contribution in [1.29, 1.82) is 0 Å². The van der Waals surface area contributed by atoms with Crippen molar-refractivity contribution in [2.24, 2.45) is 0 Å². The Morgan fingerprint density at radius 1 is 0.931 bits per heavy atom. The summed E-state index contributed by atoms with van der Waals surface area (Å²) in [5.41, 5.74) is 2.82. The minimum absolute atomic E-state index is 0.0141. The number of aromatic nitrogens is 3. The highest BCUT2D eigenvalue weighted by atomic mass is 35.5. The number of halogens is 3. The van der Waals surface area contributed by atoms with Gasteiger partial charge in [-0.05, 0) is 49.4 Å². The van der Waals surface area contributed by atoms with E-state index in [1.165, 1.54) is 30.0 Å². The Labute approximate surface area is 176 Å². The Bertz CT molecular complexity index is 1140. The molecule has 0 spiro atoms. The summed E-state index contributed by atoms with van der Waals surface area (Å²) in [6.45, 7) is 2.00. The fourth-order valence-electron chi connectivity index (χ4n) is 2.96. The van der Waals surface area contributed by atoms with Gasteiger partial charge in [-0.2, -0.15) is 0 Å². The van der Waals surface area contributed by atoms with Crippen molar-refractivity contribution >= 4 is 23.4 Å². The van der Waals surface area contributed by atoms with Crippen LogP contribution in [0.2, 0.25) is 5.02 Å². The molecule has 0 N–H and O–H groups in total. The van der Waals surface area contributed by atoms with E-state index >= 15 is 0 Å². The number of hydrogen-bond donors (Lipinski definition) is 0. The molecule has 0 aliphatic rings. The van der Waals surface area contributed by atoms with Crippen LogP contribution in [0.3, 0.4) is 0 Å². The van der Waals surface area contributed by atoms with E-state index in [1.807, 2.05) is 47.9 Å². The zero-order valence-electron chi connectivity index (χ0n) is 15.4. The summed E-state index contributed by atoms with van der Waals surface area (Å²) in [6.07, 6.45) is 0. The molecule has 0 saturated heterocycles. The van der Waals surface area contributed by atoms with Crippen LogP contribution in [0.5, 0.6) is 0 Å². The predicted octanol–water partition coefficient (Wildman–Crippen LogP) is 6.47. The molecule has 0 amide bonds. The first-order chi connectivity index (χ1) is 14.0. The van der Waals surface area contributed by atoms with Crippen molar-refractivity contribution in [2.45, 2.75) is 17.8 Å². The summed E-state index contributed by atoms with van der Waals surface area (Å²) in [5, 5.41) is 9.79. The van der Waals surface area contributed by atoms with E-state index < -0.39 is 11.6 Å². The monoisotopic (exact) mass is 427 g/mol. The van der Waals surface area contributed by atoms with Gasteiger partial charge in [0.2, 0.25) is 0 Å². The van der Waals surface area contributed by atoms with Crippen LogP contribution < -0.4 is 0 Å². The fraction of sp³-hybridized carbons (Fsp3) is 0.0909. The summed E-state index contributed by atoms with van der Waals surface area (Å²) < 4.78 is 29.9. The van der Waals surface area contributed by atoms with E-state index in [4.69, 9.17) is 11.6 Å². The number of hydrogen-bond acceptors (Lipinski definition) is 3. The second kappa shape index (κ2) is 8.35. The Morgan fingerprint density at radius 2 is 1.62 bits per heavy atom. The second-order valence-electron chi connectivity index (χ2n) is 6.48. The lowest BCUT2D eigenvalue weighted by Gasteiger charge is -2.11. The summed E-state index contributed by atoms with van der Waals surface area (Å²) >= 11 is 7.26. The minimum atomic E-state index is -0.575. The number of nitrogens with zero attached hydrogens (tertiary/aromatic N) is 3. The molecule has 0 fully saturated rings. The summed E-state index contributed by atoms with van der Waals surface area (Å²) in [6, 6.07) is 19.1. The van der Waals surface area contributed by atoms with Crippen LogP contribution in [0.4, 0.5) is 8.78 Å². The van der Waals surface area contributed by atoms with Gasteiger partial charge >= 0.3 is 0 Å². The smallest absolute Gasteiger partial charge is 0.196 e. The maximum absolute atomic E-state index is 14.0. The van der Waals surface area contributed by atoms with Gasteiger partial charge in [-0.1, -0.05) is 53.2 Å². The Kier molecular flexibility index (Phi) is 5.65. The Balaban J connectivity index is 1.77. The minimum Gasteiger partial charge on any atom is -0.270 e. The molecule has 7 heteroatoms. The third kappa shape index (κ3) is 4.18. The summed E-state index contributed by atoms with van der Waals surface area (Å²) in [5.74, 6) is -0.409. The van der Waals surface area contributed by atoms with Crippen molar-refractivity contribution in [3.8, 4) is 17.1 Å². The fourth-order valence-corrected chi connectivity index (χ4v) is 4.06. The average molecular weight is 428 g/mol. The van der Waals surface area contributed by atoms with Crippen LogP contribution in [0.15, 0.2) is 71.9 Å². The maximum atomic E-state index is 14.0. The quantitative estimate of drug-likeness (QED) is 0.342. The van der Waals surface area contributed by atoms with Crippen LogP contribution in [-0.4, -0.2) is 14.8 Å². The van der Waals surface area contributed by atoms with E-state index in [9.17, 15) is 8.78 Å². The van der Waals surface area contributed by atoms with Crippen LogP contribution in [0.1, 0.15) is 11.1 Å². The third-order valence-electron chi connectivity index (χ3n) is 4.40. The molecule has 146 valence electrons. The number of aryl methyl sites for hydroxylation is 1. The van der Waals surface area contributed by atoms with Crippen LogP contribution in [-0.2, 0) is 5.75 Å². The number of thioether (sulfide) groups is 1. The SMILES string of the molecule is Cc1cccc(-c2nnc(SCc3c(F)cccc3F)n2-c2ccc(Cl)cc2)c1. The van der Waals surface area contributed by atoms with Crippen LogP contribution in [0, 0.1) is 18.6 Å². The maximum Gasteiger partial charge on any atom is 0.196 e. The summed E-state index contributed by atoms with van der Waals surface area (Å²) in [4.78, 5) is 0. The summed E-state index contributed by atoms with van der Waals surface area (Å²) in [7, 11) is 0. The largest absolute Gasteiger partial charge is 0.270 e. The van der Waals surface area contributed by atoms with Crippen LogP contribution >= 0.6 is 23.4 Å². The molecule has 0 bridgehead atoms. The molecule has 4 rings (SSSR count). The zero-order chi connectivity index (χ0) is 20.4. The van der Waals surface area contributed by atoms with Crippen LogP contribution in [0.25, 0.3) is 17.1 Å². The van der Waals surface area contributed by atoms with Gasteiger partial charge < -0.3 is 0 Å². The van der Waals surface area contributed by atoms with Crippen molar-refractivity contribution < 1.29 is 8.78 Å². The second-order valence-corrected chi connectivity index (χ2v) is 7.86. The highest BCUT2D eigenvalue weighted by molar-refractivity contribution is 7.98. The van der Waals surface area contributed by atoms with Crippen molar-refractivity contribution in [2.75, 3.05) is 0 Å². The van der Waals surface area contributed by atoms with E-state index in [0.29, 0.717) is 16.0 Å². The molecule has 0 saturated carbocycles. The Morgan fingerprint density at radius 3 is 2.31 bits per heavy atom. The highest BCUT2D eigenvalue weighted by Crippen LogP contribution is 2.31. The lowest BCUT2D eigenvalue weighted by molar-refractivity contribution is 0.566. The van der Waals surface area contributed by atoms with Crippen molar-refractivity contribution in [3.63, 3.8) is 0 Å². The average Bonchev–Trinajstić information content (AvgIpc) is 3.12. The molecular weight excluding hydrogens is 412 g/mol. The standard InChI is InChI=1S/C22H16ClF2N3S/c1-14-4-2-5-15(12-14)21-26-27-22(28(21)17-10-8-16(23)9-11-17)29-13-18-19(24)6-3-7-20(18)25/h2-12H,13H2,1H3. The molecule has 1 heterocycles. The van der Waals surface area contributed by atoms with Crippen molar-refractivity contribution in [1.82, 2.24) is 14.8 Å². The van der Waals surface area contributed by atoms with Gasteiger partial charge in [-0.15, -0.1) is 10.2 Å². The topological polar surface area (TPSA) is 30.7 Å². The Hall–Kier alpha value is -2.70. The van der Waals surface area contributed by atoms with Gasteiger partial charge in [0.25, 0.3) is 0 Å². The van der Waals surface area contributed by atoms with E-state index in [0.717, 1.165) is 16.8 Å². The van der Waals surface area contributed by atoms with Gasteiger partial charge in [0.15, 0.2) is 11.0 Å². The molecule has 0 unspecified atom stereocenters. The number of benzene rings is 3. The molecule has 3 nitrogen and oxygen atoms in total. The number of rotatable bonds is 5. The van der Waals surface area contributed by atoms with Gasteiger partial charge in [-0.3, -0.25) is 4.57 Å². The first-order valence-corrected chi connectivity index (χ1v) is 10.2. The zero-order valence-corrected chi connectivity index (χ0v) is 17.0. The molecule has 29 heavy (non-hydrogen) atoms. The molecular formula is C22H16ClF2N3S. The predicted molar refractivity (Wildman–Crippen MR) is 112 cm³/mol. The lowest BCUT2D eigenvalue weighted by atomic mass is 10.1. The van der Waals surface area contributed by atoms with E-state index in [-0.39, 0.29) is 11.3 Å². The molecule has 0 aliphatic heterocycles. The first-order valence-electron chi connectivity index (χ1n) is 8.87. The molecule has 1 aromatic heterocycles. The molecule has 0 radical (unpaired) electrons. The third-order valence-corrected chi connectivity index (χ3v) is 5.61.